The number of benzene rings is 4. The topological polar surface area (TPSA) is 49.8 Å². The van der Waals surface area contributed by atoms with Gasteiger partial charge in [0.25, 0.3) is 0 Å². The number of rotatable bonds is 15. The van der Waals surface area contributed by atoms with Crippen LogP contribution in [0.15, 0.2) is 103 Å². The van der Waals surface area contributed by atoms with E-state index in [2.05, 4.69) is 29.2 Å². The van der Waals surface area contributed by atoms with E-state index in [-0.39, 0.29) is 23.4 Å². The highest BCUT2D eigenvalue weighted by Crippen LogP contribution is 2.37. The molecule has 0 aliphatic heterocycles. The first kappa shape index (κ1) is 34.1. The maximum atomic E-state index is 13.7. The molecule has 4 rings (SSSR count). The largest absolute Gasteiger partial charge is 0.494 e. The van der Waals surface area contributed by atoms with E-state index in [1.807, 2.05) is 56.3 Å². The van der Waals surface area contributed by atoms with E-state index in [1.54, 1.807) is 24.3 Å². The second kappa shape index (κ2) is 16.0. The Morgan fingerprint density at radius 3 is 2.04 bits per heavy atom. The summed E-state index contributed by atoms with van der Waals surface area (Å²) in [5.74, 6) is -0.696. The molecule has 0 heterocycles. The van der Waals surface area contributed by atoms with Gasteiger partial charge in [-0.15, -0.1) is 0 Å². The summed E-state index contributed by atoms with van der Waals surface area (Å²) < 4.78 is 47.0. The van der Waals surface area contributed by atoms with Crippen molar-refractivity contribution >= 4 is 17.6 Å². The van der Waals surface area contributed by atoms with Crippen molar-refractivity contribution in [2.45, 2.75) is 51.2 Å². The van der Waals surface area contributed by atoms with Crippen LogP contribution >= 0.6 is 11.6 Å². The number of aliphatic carboxylic acids is 1. The minimum atomic E-state index is -4.55. The Hall–Kier alpha value is -3.81. The van der Waals surface area contributed by atoms with Crippen LogP contribution in [0.5, 0.6) is 5.75 Å². The zero-order chi connectivity index (χ0) is 32.4. The Morgan fingerprint density at radius 1 is 0.867 bits per heavy atom. The normalized spacial score (nSPS) is 12.6. The van der Waals surface area contributed by atoms with Gasteiger partial charge >= 0.3 is 12.1 Å². The maximum Gasteiger partial charge on any atom is 0.417 e. The molecule has 4 aromatic carbocycles. The van der Waals surface area contributed by atoms with Gasteiger partial charge in [0.05, 0.1) is 23.1 Å². The molecule has 1 unspecified atom stereocenters. The van der Waals surface area contributed by atoms with Gasteiger partial charge in [-0.2, -0.15) is 13.2 Å². The maximum absolute atomic E-state index is 13.7. The zero-order valence-corrected chi connectivity index (χ0v) is 26.3. The lowest BCUT2D eigenvalue weighted by molar-refractivity contribution is -0.139. The minimum absolute atomic E-state index is 0.0246. The smallest absolute Gasteiger partial charge is 0.417 e. The first-order valence-corrected chi connectivity index (χ1v) is 15.5. The molecule has 238 valence electrons. The summed E-state index contributed by atoms with van der Waals surface area (Å²) in [6, 6.07) is 31.3. The molecule has 0 fully saturated rings. The van der Waals surface area contributed by atoms with Crippen LogP contribution < -0.4 is 4.74 Å². The van der Waals surface area contributed by atoms with Crippen molar-refractivity contribution in [3.8, 4) is 5.75 Å². The van der Waals surface area contributed by atoms with Crippen LogP contribution in [0.4, 0.5) is 13.2 Å². The summed E-state index contributed by atoms with van der Waals surface area (Å²) in [6.07, 6.45) is -3.44. The highest BCUT2D eigenvalue weighted by Gasteiger charge is 2.34. The third-order valence-electron chi connectivity index (χ3n) is 7.78. The number of carboxylic acids is 1. The number of alkyl halides is 3. The van der Waals surface area contributed by atoms with Gasteiger partial charge in [0.1, 0.15) is 5.75 Å². The molecule has 8 heteroatoms. The standard InChI is InChI=1S/C37H39ClF3NO3/c1-26(2)22-32(36(43)44)29-16-9-18-31(23-29)45-21-11-20-42(24-30-17-10-19-34(35(30)38)37(39,40)41)25-33(27-12-5-3-6-13-27)28-14-7-4-8-15-28/h3-10,12-19,23,26,32-33H,11,20-22,24-25H2,1-2H3,(H,43,44). The summed E-state index contributed by atoms with van der Waals surface area (Å²) in [6.45, 7) is 5.64. The van der Waals surface area contributed by atoms with Gasteiger partial charge in [-0.1, -0.05) is 110 Å². The van der Waals surface area contributed by atoms with E-state index in [0.717, 1.165) is 17.2 Å². The lowest BCUT2D eigenvalue weighted by Gasteiger charge is -2.29. The first-order chi connectivity index (χ1) is 21.5. The molecule has 0 spiro atoms. The van der Waals surface area contributed by atoms with Crippen LogP contribution in [0.2, 0.25) is 5.02 Å². The van der Waals surface area contributed by atoms with Crippen LogP contribution in [0, 0.1) is 5.92 Å². The van der Waals surface area contributed by atoms with E-state index >= 15 is 0 Å². The number of ether oxygens (including phenoxy) is 1. The summed E-state index contributed by atoms with van der Waals surface area (Å²) in [4.78, 5) is 14.0. The quantitative estimate of drug-likeness (QED) is 0.132. The molecule has 4 nitrogen and oxygen atoms in total. The third kappa shape index (κ3) is 9.84. The minimum Gasteiger partial charge on any atom is -0.494 e. The Morgan fingerprint density at radius 2 is 1.47 bits per heavy atom. The molecule has 45 heavy (non-hydrogen) atoms. The Bertz CT molecular complexity index is 1470. The van der Waals surface area contributed by atoms with Gasteiger partial charge in [-0.25, -0.2) is 0 Å². The van der Waals surface area contributed by atoms with Gasteiger partial charge in [0.15, 0.2) is 0 Å². The van der Waals surface area contributed by atoms with E-state index in [4.69, 9.17) is 16.3 Å². The number of nitrogens with zero attached hydrogens (tertiary/aromatic N) is 1. The number of hydrogen-bond acceptors (Lipinski definition) is 3. The first-order valence-electron chi connectivity index (χ1n) is 15.1. The molecule has 0 amide bonds. The monoisotopic (exact) mass is 637 g/mol. The van der Waals surface area contributed by atoms with Crippen LogP contribution in [0.25, 0.3) is 0 Å². The molecule has 1 N–H and O–H groups in total. The summed E-state index contributed by atoms with van der Waals surface area (Å²) >= 11 is 6.33. The lowest BCUT2D eigenvalue weighted by Crippen LogP contribution is -2.31. The molecular weight excluding hydrogens is 599 g/mol. The molecule has 0 aromatic heterocycles. The van der Waals surface area contributed by atoms with Crippen molar-refractivity contribution in [1.29, 1.82) is 0 Å². The molecule has 1 atom stereocenters. The van der Waals surface area contributed by atoms with Crippen LogP contribution in [0.1, 0.15) is 66.3 Å². The SMILES string of the molecule is CC(C)CC(C(=O)O)c1cccc(OCCCN(Cc2cccc(C(F)(F)F)c2Cl)CC(c2ccccc2)c2ccccc2)c1. The Labute approximate surface area is 268 Å². The second-order valence-corrected chi connectivity index (χ2v) is 12.1. The van der Waals surface area contributed by atoms with Gasteiger partial charge < -0.3 is 9.84 Å². The molecular formula is C37H39ClF3NO3. The van der Waals surface area contributed by atoms with Crippen molar-refractivity contribution in [2.24, 2.45) is 5.92 Å². The fraction of sp³-hybridized carbons (Fsp3) is 0.324. The predicted octanol–water partition coefficient (Wildman–Crippen LogP) is 9.68. The Balaban J connectivity index is 1.54. The van der Waals surface area contributed by atoms with Crippen LogP contribution in [-0.4, -0.2) is 35.7 Å². The molecule has 0 saturated heterocycles. The summed E-state index contributed by atoms with van der Waals surface area (Å²) in [7, 11) is 0. The molecule has 0 bridgehead atoms. The van der Waals surface area contributed by atoms with Crippen molar-refractivity contribution in [3.63, 3.8) is 0 Å². The van der Waals surface area contributed by atoms with Gasteiger partial charge in [-0.05, 0) is 59.2 Å². The fourth-order valence-electron chi connectivity index (χ4n) is 5.58. The predicted molar refractivity (Wildman–Crippen MR) is 173 cm³/mol. The number of carbonyl (C=O) groups is 1. The third-order valence-corrected chi connectivity index (χ3v) is 8.22. The second-order valence-electron chi connectivity index (χ2n) is 11.7. The zero-order valence-electron chi connectivity index (χ0n) is 25.5. The Kier molecular flexibility index (Phi) is 12.1. The van der Waals surface area contributed by atoms with Gasteiger partial charge in [-0.3, -0.25) is 9.69 Å². The van der Waals surface area contributed by atoms with E-state index < -0.39 is 23.6 Å². The highest BCUT2D eigenvalue weighted by molar-refractivity contribution is 6.32. The van der Waals surface area contributed by atoms with E-state index in [0.29, 0.717) is 49.4 Å². The number of carboxylic acid groups (broad SMARTS) is 1. The molecule has 0 radical (unpaired) electrons. The summed E-state index contributed by atoms with van der Waals surface area (Å²) in [5.41, 5.74) is 2.47. The van der Waals surface area contributed by atoms with Gasteiger partial charge in [0.2, 0.25) is 0 Å². The number of halogens is 4. The van der Waals surface area contributed by atoms with Crippen LogP contribution in [-0.2, 0) is 17.5 Å². The molecule has 4 aromatic rings. The molecule has 0 aliphatic rings. The summed E-state index contributed by atoms with van der Waals surface area (Å²) in [5, 5.41) is 9.48. The highest BCUT2D eigenvalue weighted by atomic mass is 35.5. The van der Waals surface area contributed by atoms with Crippen molar-refractivity contribution in [3.05, 3.63) is 136 Å². The van der Waals surface area contributed by atoms with Crippen molar-refractivity contribution in [1.82, 2.24) is 4.90 Å². The average molecular weight is 638 g/mol. The van der Waals surface area contributed by atoms with Crippen LogP contribution in [0.3, 0.4) is 0 Å². The molecule has 0 aliphatic carbocycles. The van der Waals surface area contributed by atoms with Crippen molar-refractivity contribution in [2.75, 3.05) is 19.7 Å². The van der Waals surface area contributed by atoms with E-state index in [9.17, 15) is 23.1 Å². The average Bonchev–Trinajstić information content (AvgIpc) is 3.01. The number of hydrogen-bond donors (Lipinski definition) is 1. The fourth-order valence-corrected chi connectivity index (χ4v) is 5.87. The van der Waals surface area contributed by atoms with Crippen molar-refractivity contribution < 1.29 is 27.8 Å². The van der Waals surface area contributed by atoms with E-state index in [1.165, 1.54) is 6.07 Å². The van der Waals surface area contributed by atoms with Gasteiger partial charge in [0, 0.05) is 25.6 Å². The molecule has 0 saturated carbocycles. The lowest BCUT2D eigenvalue weighted by atomic mass is 9.90.